The van der Waals surface area contributed by atoms with Crippen molar-refractivity contribution in [3.63, 3.8) is 0 Å². The number of ether oxygens (including phenoxy) is 1. The summed E-state index contributed by atoms with van der Waals surface area (Å²) in [6.07, 6.45) is 7.48. The van der Waals surface area contributed by atoms with Gasteiger partial charge in [0.15, 0.2) is 0 Å². The van der Waals surface area contributed by atoms with Crippen LogP contribution >= 0.6 is 0 Å². The summed E-state index contributed by atoms with van der Waals surface area (Å²) in [6, 6.07) is 0. The average Bonchev–Trinajstić information content (AvgIpc) is 2.36. The Bertz CT molecular complexity index is 186. The maximum absolute atomic E-state index is 5.47. The second kappa shape index (κ2) is 3.27. The Morgan fingerprint density at radius 2 is 1.77 bits per heavy atom. The van der Waals surface area contributed by atoms with Crippen LogP contribution in [0.4, 0.5) is 0 Å². The van der Waals surface area contributed by atoms with Gasteiger partial charge in [-0.1, -0.05) is 13.8 Å². The third-order valence-electron chi connectivity index (χ3n) is 4.05. The minimum absolute atomic E-state index is 0.565. The Balaban J connectivity index is 1.98. The number of rotatable bonds is 1. The maximum atomic E-state index is 5.47. The molecule has 0 aromatic carbocycles. The molecule has 0 N–H and O–H groups in total. The third kappa shape index (κ3) is 1.90. The van der Waals surface area contributed by atoms with Crippen molar-refractivity contribution in [2.45, 2.75) is 52.1 Å². The molecule has 13 heavy (non-hydrogen) atoms. The molecule has 0 saturated heterocycles. The summed E-state index contributed by atoms with van der Waals surface area (Å²) in [5.41, 5.74) is 0.609. The minimum Gasteiger partial charge on any atom is -0.381 e. The van der Waals surface area contributed by atoms with Crippen molar-refractivity contribution in [3.8, 4) is 0 Å². The summed E-state index contributed by atoms with van der Waals surface area (Å²) in [7, 11) is 1.87. The Morgan fingerprint density at radius 1 is 1.08 bits per heavy atom. The summed E-state index contributed by atoms with van der Waals surface area (Å²) in [4.78, 5) is 0. The first kappa shape index (κ1) is 9.51. The van der Waals surface area contributed by atoms with Crippen molar-refractivity contribution in [2.24, 2.45) is 17.3 Å². The van der Waals surface area contributed by atoms with E-state index in [4.69, 9.17) is 4.74 Å². The van der Waals surface area contributed by atoms with Crippen LogP contribution in [0, 0.1) is 17.3 Å². The Morgan fingerprint density at radius 3 is 2.46 bits per heavy atom. The molecule has 3 unspecified atom stereocenters. The molecule has 0 radical (unpaired) electrons. The van der Waals surface area contributed by atoms with Crippen LogP contribution in [-0.4, -0.2) is 13.2 Å². The van der Waals surface area contributed by atoms with E-state index in [2.05, 4.69) is 13.8 Å². The highest BCUT2D eigenvalue weighted by atomic mass is 16.5. The van der Waals surface area contributed by atoms with Gasteiger partial charge in [0, 0.05) is 7.11 Å². The molecule has 0 aromatic heterocycles. The largest absolute Gasteiger partial charge is 0.381 e. The molecule has 2 fully saturated rings. The molecule has 2 aliphatic rings. The zero-order valence-corrected chi connectivity index (χ0v) is 9.18. The van der Waals surface area contributed by atoms with Crippen LogP contribution < -0.4 is 0 Å². The van der Waals surface area contributed by atoms with Crippen molar-refractivity contribution < 1.29 is 4.74 Å². The monoisotopic (exact) mass is 182 g/mol. The minimum atomic E-state index is 0.565. The molecule has 0 aromatic rings. The highest BCUT2D eigenvalue weighted by Crippen LogP contribution is 2.51. The molecule has 0 amide bonds. The first-order chi connectivity index (χ1) is 6.11. The van der Waals surface area contributed by atoms with Crippen LogP contribution in [0.15, 0.2) is 0 Å². The first-order valence-corrected chi connectivity index (χ1v) is 5.63. The summed E-state index contributed by atoms with van der Waals surface area (Å²) in [5, 5.41) is 0. The predicted molar refractivity (Wildman–Crippen MR) is 54.6 cm³/mol. The molecule has 0 aliphatic heterocycles. The number of hydrogen-bond donors (Lipinski definition) is 0. The first-order valence-electron chi connectivity index (χ1n) is 5.63. The van der Waals surface area contributed by atoms with E-state index in [1.165, 1.54) is 32.1 Å². The van der Waals surface area contributed by atoms with E-state index in [1.54, 1.807) is 0 Å². The molecule has 1 nitrogen and oxygen atoms in total. The van der Waals surface area contributed by atoms with Crippen molar-refractivity contribution >= 4 is 0 Å². The highest BCUT2D eigenvalue weighted by molar-refractivity contribution is 4.92. The predicted octanol–water partition coefficient (Wildman–Crippen LogP) is 3.24. The fraction of sp³-hybridized carbons (Fsp3) is 1.00. The van der Waals surface area contributed by atoms with Gasteiger partial charge in [-0.2, -0.15) is 0 Å². The lowest BCUT2D eigenvalue weighted by molar-refractivity contribution is 0.0366. The Labute approximate surface area is 81.9 Å². The molecular formula is C12H22O. The van der Waals surface area contributed by atoms with Gasteiger partial charge < -0.3 is 4.74 Å². The van der Waals surface area contributed by atoms with Crippen LogP contribution in [0.2, 0.25) is 0 Å². The summed E-state index contributed by atoms with van der Waals surface area (Å²) < 4.78 is 5.47. The zero-order valence-electron chi connectivity index (χ0n) is 9.18. The van der Waals surface area contributed by atoms with Crippen molar-refractivity contribution in [3.05, 3.63) is 0 Å². The number of hydrogen-bond acceptors (Lipinski definition) is 1. The Kier molecular flexibility index (Phi) is 2.39. The molecule has 76 valence electrons. The molecule has 0 spiro atoms. The molecule has 0 bridgehead atoms. The zero-order chi connectivity index (χ0) is 9.47. The summed E-state index contributed by atoms with van der Waals surface area (Å²) >= 11 is 0. The van der Waals surface area contributed by atoms with Crippen LogP contribution in [0.1, 0.15) is 46.0 Å². The molecular weight excluding hydrogens is 160 g/mol. The van der Waals surface area contributed by atoms with Gasteiger partial charge >= 0.3 is 0 Å². The highest BCUT2D eigenvalue weighted by Gasteiger charge is 2.42. The van der Waals surface area contributed by atoms with E-state index in [0.717, 1.165) is 11.8 Å². The quantitative estimate of drug-likeness (QED) is 0.605. The van der Waals surface area contributed by atoms with E-state index in [9.17, 15) is 0 Å². The third-order valence-corrected chi connectivity index (χ3v) is 4.05. The van der Waals surface area contributed by atoms with Crippen molar-refractivity contribution in [1.82, 2.24) is 0 Å². The van der Waals surface area contributed by atoms with E-state index < -0.39 is 0 Å². The van der Waals surface area contributed by atoms with Gasteiger partial charge in [-0.3, -0.25) is 0 Å². The lowest BCUT2D eigenvalue weighted by atomic mass is 9.80. The van der Waals surface area contributed by atoms with Crippen LogP contribution in [0.3, 0.4) is 0 Å². The van der Waals surface area contributed by atoms with E-state index in [0.29, 0.717) is 11.5 Å². The lowest BCUT2D eigenvalue weighted by Gasteiger charge is -2.30. The van der Waals surface area contributed by atoms with Gasteiger partial charge in [-0.05, 0) is 49.4 Å². The molecule has 2 aliphatic carbocycles. The topological polar surface area (TPSA) is 9.23 Å². The summed E-state index contributed by atoms with van der Waals surface area (Å²) in [6.45, 7) is 4.85. The lowest BCUT2D eigenvalue weighted by Crippen LogP contribution is -2.25. The van der Waals surface area contributed by atoms with Crippen LogP contribution in [0.25, 0.3) is 0 Å². The Hall–Kier alpha value is -0.0400. The van der Waals surface area contributed by atoms with Crippen molar-refractivity contribution in [1.29, 1.82) is 0 Å². The van der Waals surface area contributed by atoms with Gasteiger partial charge in [-0.25, -0.2) is 0 Å². The van der Waals surface area contributed by atoms with Gasteiger partial charge in [0.2, 0.25) is 0 Å². The van der Waals surface area contributed by atoms with E-state index in [-0.39, 0.29) is 0 Å². The second-order valence-electron chi connectivity index (χ2n) is 5.76. The molecule has 0 heterocycles. The van der Waals surface area contributed by atoms with Gasteiger partial charge in [0.25, 0.3) is 0 Å². The summed E-state index contributed by atoms with van der Waals surface area (Å²) in [5.74, 6) is 1.98. The van der Waals surface area contributed by atoms with Gasteiger partial charge in [-0.15, -0.1) is 0 Å². The maximum Gasteiger partial charge on any atom is 0.0574 e. The van der Waals surface area contributed by atoms with Gasteiger partial charge in [0.1, 0.15) is 0 Å². The molecule has 2 saturated carbocycles. The van der Waals surface area contributed by atoms with Gasteiger partial charge in [0.05, 0.1) is 6.10 Å². The average molecular weight is 182 g/mol. The fourth-order valence-electron chi connectivity index (χ4n) is 3.52. The van der Waals surface area contributed by atoms with Crippen LogP contribution in [-0.2, 0) is 4.74 Å². The number of methoxy groups -OCH3 is 1. The van der Waals surface area contributed by atoms with E-state index >= 15 is 0 Å². The van der Waals surface area contributed by atoms with Crippen molar-refractivity contribution in [2.75, 3.05) is 7.11 Å². The smallest absolute Gasteiger partial charge is 0.0574 e. The molecule has 3 atom stereocenters. The number of fused-ring (bicyclic) bond motifs is 1. The fourth-order valence-corrected chi connectivity index (χ4v) is 3.52. The van der Waals surface area contributed by atoms with E-state index in [1.807, 2.05) is 7.11 Å². The second-order valence-corrected chi connectivity index (χ2v) is 5.76. The molecule has 1 heteroatoms. The molecule has 2 rings (SSSR count). The normalized spacial score (nSPS) is 43.2. The standard InChI is InChI=1S/C12H22O/c1-12(2)7-9-4-5-11(13-3)6-10(9)8-12/h9-11H,4-8H2,1-3H3. The van der Waals surface area contributed by atoms with Crippen LogP contribution in [0.5, 0.6) is 0 Å². The SMILES string of the molecule is COC1CCC2CC(C)(C)CC2C1.